The van der Waals surface area contributed by atoms with Gasteiger partial charge in [0.05, 0.1) is 30.5 Å². The van der Waals surface area contributed by atoms with E-state index in [1.54, 1.807) is 6.07 Å². The van der Waals surface area contributed by atoms with Crippen molar-refractivity contribution in [3.05, 3.63) is 59.5 Å². The van der Waals surface area contributed by atoms with Crippen molar-refractivity contribution in [2.45, 2.75) is 24.9 Å². The van der Waals surface area contributed by atoms with Gasteiger partial charge in [-0.2, -0.15) is 13.2 Å². The molecule has 0 radical (unpaired) electrons. The maximum Gasteiger partial charge on any atom is 0.416 e. The minimum atomic E-state index is -4.34. The SMILES string of the molecule is Fc1ccc(NC2CNCC2OCc2ccc(C(F)(F)F)cc2)nc1. The highest BCUT2D eigenvalue weighted by atomic mass is 19.4. The van der Waals surface area contributed by atoms with Gasteiger partial charge in [-0.25, -0.2) is 9.37 Å². The van der Waals surface area contributed by atoms with Gasteiger partial charge in [0, 0.05) is 13.1 Å². The van der Waals surface area contributed by atoms with Crippen molar-refractivity contribution < 1.29 is 22.3 Å². The van der Waals surface area contributed by atoms with Crippen molar-refractivity contribution in [2.75, 3.05) is 18.4 Å². The molecule has 2 aromatic rings. The fraction of sp³-hybridized carbons (Fsp3) is 0.353. The Labute approximate surface area is 142 Å². The third-order valence-electron chi connectivity index (χ3n) is 3.96. The van der Waals surface area contributed by atoms with Gasteiger partial charge in [-0.3, -0.25) is 0 Å². The molecule has 1 fully saturated rings. The number of hydrogen-bond acceptors (Lipinski definition) is 4. The van der Waals surface area contributed by atoms with Crippen LogP contribution in [-0.2, 0) is 17.5 Å². The summed E-state index contributed by atoms with van der Waals surface area (Å²) in [4.78, 5) is 3.95. The van der Waals surface area contributed by atoms with E-state index >= 15 is 0 Å². The number of pyridine rings is 1. The molecule has 2 atom stereocenters. The van der Waals surface area contributed by atoms with Gasteiger partial charge in [-0.1, -0.05) is 12.1 Å². The van der Waals surface area contributed by atoms with E-state index < -0.39 is 17.6 Å². The zero-order chi connectivity index (χ0) is 17.9. The van der Waals surface area contributed by atoms with Crippen molar-refractivity contribution in [2.24, 2.45) is 0 Å². The summed E-state index contributed by atoms with van der Waals surface area (Å²) in [5.74, 6) is 0.128. The van der Waals surface area contributed by atoms with Crippen LogP contribution < -0.4 is 10.6 Å². The predicted octanol–water partition coefficient (Wildman–Crippen LogP) is 3.21. The molecule has 0 aliphatic carbocycles. The number of ether oxygens (including phenoxy) is 1. The second-order valence-electron chi connectivity index (χ2n) is 5.81. The van der Waals surface area contributed by atoms with Crippen molar-refractivity contribution in [3.8, 4) is 0 Å². The van der Waals surface area contributed by atoms with Crippen LogP contribution in [0.2, 0.25) is 0 Å². The largest absolute Gasteiger partial charge is 0.416 e. The lowest BCUT2D eigenvalue weighted by Crippen LogP contribution is -2.34. The maximum atomic E-state index is 12.9. The van der Waals surface area contributed by atoms with Gasteiger partial charge in [0.2, 0.25) is 0 Å². The third-order valence-corrected chi connectivity index (χ3v) is 3.96. The number of nitrogens with one attached hydrogen (secondary N) is 2. The lowest BCUT2D eigenvalue weighted by Gasteiger charge is -2.21. The van der Waals surface area contributed by atoms with Crippen LogP contribution in [0.1, 0.15) is 11.1 Å². The number of anilines is 1. The van der Waals surface area contributed by atoms with Crippen LogP contribution >= 0.6 is 0 Å². The Morgan fingerprint density at radius 1 is 1.12 bits per heavy atom. The second-order valence-corrected chi connectivity index (χ2v) is 5.81. The molecular formula is C17H17F4N3O. The van der Waals surface area contributed by atoms with Gasteiger partial charge in [-0.05, 0) is 29.8 Å². The van der Waals surface area contributed by atoms with Gasteiger partial charge in [-0.15, -0.1) is 0 Å². The van der Waals surface area contributed by atoms with Crippen LogP contribution in [0.4, 0.5) is 23.4 Å². The summed E-state index contributed by atoms with van der Waals surface area (Å²) >= 11 is 0. The monoisotopic (exact) mass is 355 g/mol. The minimum Gasteiger partial charge on any atom is -0.370 e. The fourth-order valence-corrected chi connectivity index (χ4v) is 2.62. The lowest BCUT2D eigenvalue weighted by atomic mass is 10.1. The zero-order valence-corrected chi connectivity index (χ0v) is 13.2. The predicted molar refractivity (Wildman–Crippen MR) is 84.5 cm³/mol. The molecule has 2 unspecified atom stereocenters. The van der Waals surface area contributed by atoms with Crippen molar-refractivity contribution in [1.29, 1.82) is 0 Å². The van der Waals surface area contributed by atoms with Crippen LogP contribution in [0, 0.1) is 5.82 Å². The molecule has 1 saturated heterocycles. The molecule has 3 rings (SSSR count). The quantitative estimate of drug-likeness (QED) is 0.809. The Bertz CT molecular complexity index is 689. The molecule has 1 aliphatic heterocycles. The molecule has 134 valence electrons. The van der Waals surface area contributed by atoms with Crippen LogP contribution in [0.25, 0.3) is 0 Å². The number of halogens is 4. The first-order chi connectivity index (χ1) is 11.9. The molecule has 1 aromatic heterocycles. The van der Waals surface area contributed by atoms with Crippen molar-refractivity contribution >= 4 is 5.82 Å². The van der Waals surface area contributed by atoms with Gasteiger partial charge >= 0.3 is 6.18 Å². The fourth-order valence-electron chi connectivity index (χ4n) is 2.62. The first kappa shape index (κ1) is 17.6. The Balaban J connectivity index is 1.55. The van der Waals surface area contributed by atoms with E-state index in [0.717, 1.165) is 18.3 Å². The Hall–Kier alpha value is -2.19. The van der Waals surface area contributed by atoms with Crippen LogP contribution in [0.15, 0.2) is 42.6 Å². The summed E-state index contributed by atoms with van der Waals surface area (Å²) in [5.41, 5.74) is -0.0146. The van der Waals surface area contributed by atoms with E-state index in [4.69, 9.17) is 4.74 Å². The molecule has 1 aromatic carbocycles. The molecule has 4 nitrogen and oxygen atoms in total. The summed E-state index contributed by atoms with van der Waals surface area (Å²) in [6.07, 6.45) is -3.39. The first-order valence-electron chi connectivity index (χ1n) is 7.78. The molecule has 1 aliphatic rings. The number of benzene rings is 1. The standard InChI is InChI=1S/C17H17F4N3O/c18-13-5-6-16(23-7-13)24-14-8-22-9-15(14)25-10-11-1-3-12(4-2-11)17(19,20)21/h1-7,14-15,22H,8-10H2,(H,23,24). The third kappa shape index (κ3) is 4.67. The molecule has 0 bridgehead atoms. The van der Waals surface area contributed by atoms with Gasteiger partial charge in [0.1, 0.15) is 11.6 Å². The second kappa shape index (κ2) is 7.37. The van der Waals surface area contributed by atoms with Crippen molar-refractivity contribution in [3.63, 3.8) is 0 Å². The van der Waals surface area contributed by atoms with E-state index in [0.29, 0.717) is 24.5 Å². The van der Waals surface area contributed by atoms with Crippen LogP contribution in [0.3, 0.4) is 0 Å². The smallest absolute Gasteiger partial charge is 0.370 e. The molecule has 8 heteroatoms. The molecular weight excluding hydrogens is 338 g/mol. The first-order valence-corrected chi connectivity index (χ1v) is 7.78. The molecule has 2 heterocycles. The van der Waals surface area contributed by atoms with Gasteiger partial charge in [0.25, 0.3) is 0 Å². The maximum absolute atomic E-state index is 12.9. The Morgan fingerprint density at radius 2 is 1.88 bits per heavy atom. The van der Waals surface area contributed by atoms with Crippen LogP contribution in [-0.4, -0.2) is 30.2 Å². The topological polar surface area (TPSA) is 46.2 Å². The van der Waals surface area contributed by atoms with E-state index in [-0.39, 0.29) is 18.8 Å². The number of rotatable bonds is 5. The highest BCUT2D eigenvalue weighted by molar-refractivity contribution is 5.36. The number of alkyl halides is 3. The molecule has 0 spiro atoms. The molecule has 2 N–H and O–H groups in total. The molecule has 0 amide bonds. The number of nitrogens with zero attached hydrogens (tertiary/aromatic N) is 1. The average Bonchev–Trinajstić information content (AvgIpc) is 3.02. The van der Waals surface area contributed by atoms with Crippen molar-refractivity contribution in [1.82, 2.24) is 10.3 Å². The van der Waals surface area contributed by atoms with E-state index in [9.17, 15) is 17.6 Å². The molecule has 25 heavy (non-hydrogen) atoms. The summed E-state index contributed by atoms with van der Waals surface area (Å²) in [5, 5.41) is 6.35. The number of aromatic nitrogens is 1. The van der Waals surface area contributed by atoms with E-state index in [1.165, 1.54) is 18.2 Å². The summed E-state index contributed by atoms with van der Waals surface area (Å²) < 4.78 is 56.4. The lowest BCUT2D eigenvalue weighted by molar-refractivity contribution is -0.137. The normalized spacial score (nSPS) is 20.6. The van der Waals surface area contributed by atoms with Crippen LogP contribution in [0.5, 0.6) is 0 Å². The van der Waals surface area contributed by atoms with Gasteiger partial charge in [0.15, 0.2) is 0 Å². The molecule has 0 saturated carbocycles. The Kier molecular flexibility index (Phi) is 5.19. The average molecular weight is 355 g/mol. The van der Waals surface area contributed by atoms with Gasteiger partial charge < -0.3 is 15.4 Å². The summed E-state index contributed by atoms with van der Waals surface area (Å²) in [6, 6.07) is 7.71. The number of hydrogen-bond donors (Lipinski definition) is 2. The summed E-state index contributed by atoms with van der Waals surface area (Å²) in [7, 11) is 0. The highest BCUT2D eigenvalue weighted by Crippen LogP contribution is 2.29. The summed E-state index contributed by atoms with van der Waals surface area (Å²) in [6.45, 7) is 1.47. The van der Waals surface area contributed by atoms with E-state index in [2.05, 4.69) is 15.6 Å². The minimum absolute atomic E-state index is 0.0626. The highest BCUT2D eigenvalue weighted by Gasteiger charge is 2.30. The zero-order valence-electron chi connectivity index (χ0n) is 13.2. The Morgan fingerprint density at radius 3 is 2.52 bits per heavy atom. The van der Waals surface area contributed by atoms with E-state index in [1.807, 2.05) is 0 Å².